The quantitative estimate of drug-likeness (QED) is 0.776. The number of anilines is 1. The third-order valence-electron chi connectivity index (χ3n) is 3.28. The van der Waals surface area contributed by atoms with Crippen molar-refractivity contribution in [3.63, 3.8) is 0 Å². The molecule has 0 atom stereocenters. The van der Waals surface area contributed by atoms with Gasteiger partial charge in [-0.15, -0.1) is 0 Å². The average molecular weight is 252 g/mol. The van der Waals surface area contributed by atoms with Crippen molar-refractivity contribution in [3.05, 3.63) is 26.0 Å². The summed E-state index contributed by atoms with van der Waals surface area (Å²) in [7, 11) is 0. The lowest BCUT2D eigenvalue weighted by Gasteiger charge is -2.25. The molecule has 0 aliphatic rings. The van der Waals surface area contributed by atoms with Crippen LogP contribution in [0.1, 0.15) is 40.2 Å². The number of likely N-dealkylation sites (N-methyl/N-ethyl adjacent to an activating group) is 1. The van der Waals surface area contributed by atoms with Gasteiger partial charge in [-0.25, -0.2) is 0 Å². The van der Waals surface area contributed by atoms with Crippen LogP contribution in [0.5, 0.6) is 0 Å². The van der Waals surface area contributed by atoms with Crippen LogP contribution in [0.3, 0.4) is 0 Å². The number of rotatable bonds is 6. The van der Waals surface area contributed by atoms with E-state index in [2.05, 4.69) is 24.1 Å². The molecule has 0 aromatic heterocycles. The van der Waals surface area contributed by atoms with E-state index >= 15 is 0 Å². The molecule has 0 aliphatic heterocycles. The third kappa shape index (κ3) is 2.99. The van der Waals surface area contributed by atoms with Crippen molar-refractivity contribution in [1.82, 2.24) is 4.90 Å². The second kappa shape index (κ2) is 5.65. The molecular formula is C14H24N2O2. The first-order valence-corrected chi connectivity index (χ1v) is 6.62. The van der Waals surface area contributed by atoms with E-state index < -0.39 is 0 Å². The van der Waals surface area contributed by atoms with Crippen molar-refractivity contribution >= 4 is 5.69 Å². The van der Waals surface area contributed by atoms with Crippen LogP contribution >= 0.6 is 0 Å². The Hall–Kier alpha value is -1.16. The minimum Gasteiger partial charge on any atom is -0.380 e. The summed E-state index contributed by atoms with van der Waals surface area (Å²) in [6.07, 6.45) is 0. The number of hydrogen-bond donors (Lipinski definition) is 1. The third-order valence-corrected chi connectivity index (χ3v) is 3.28. The van der Waals surface area contributed by atoms with Gasteiger partial charge in [-0.05, 0) is 18.5 Å². The van der Waals surface area contributed by atoms with Crippen molar-refractivity contribution in [2.24, 2.45) is 0 Å². The van der Waals surface area contributed by atoms with E-state index in [1.165, 1.54) is 0 Å². The Bertz CT molecular complexity index is 461. The number of nitrogens with one attached hydrogen (secondary N) is 1. The van der Waals surface area contributed by atoms with Crippen molar-refractivity contribution in [2.45, 2.75) is 40.0 Å². The van der Waals surface area contributed by atoms with Gasteiger partial charge in [0.05, 0.1) is 5.69 Å². The lowest BCUT2D eigenvalue weighted by atomic mass is 9.82. The monoisotopic (exact) mass is 252 g/mol. The van der Waals surface area contributed by atoms with Crippen LogP contribution in [0.15, 0.2) is 9.59 Å². The second-order valence-corrected chi connectivity index (χ2v) is 5.61. The number of nitrogens with zero attached hydrogens (tertiary/aromatic N) is 1. The van der Waals surface area contributed by atoms with Crippen LogP contribution in [0.25, 0.3) is 0 Å². The molecule has 1 aromatic carbocycles. The van der Waals surface area contributed by atoms with Gasteiger partial charge in [-0.3, -0.25) is 9.59 Å². The fraction of sp³-hybridized carbons (Fsp3) is 0.714. The molecule has 0 amide bonds. The molecule has 0 heterocycles. The first kappa shape index (κ1) is 14.9. The normalized spacial score (nSPS) is 12.3. The summed E-state index contributed by atoms with van der Waals surface area (Å²) in [5, 5.41) is 3.12. The van der Waals surface area contributed by atoms with E-state index in [0.29, 0.717) is 17.8 Å². The SMILES string of the molecule is CCN(CC)CCNc1c(C(C)(C)C)c(=O)c1=O. The van der Waals surface area contributed by atoms with Gasteiger partial charge in [0.2, 0.25) is 10.9 Å². The van der Waals surface area contributed by atoms with E-state index in [4.69, 9.17) is 0 Å². The van der Waals surface area contributed by atoms with Gasteiger partial charge in [-0.2, -0.15) is 0 Å². The van der Waals surface area contributed by atoms with E-state index in [1.807, 2.05) is 20.8 Å². The number of hydrogen-bond acceptors (Lipinski definition) is 4. The molecule has 1 rings (SSSR count). The Morgan fingerprint density at radius 3 is 2.06 bits per heavy atom. The van der Waals surface area contributed by atoms with Crippen LogP contribution in [-0.4, -0.2) is 31.1 Å². The van der Waals surface area contributed by atoms with Crippen molar-refractivity contribution < 1.29 is 0 Å². The summed E-state index contributed by atoms with van der Waals surface area (Å²) in [5.41, 5.74) is 0.224. The van der Waals surface area contributed by atoms with Crippen LogP contribution in [0.2, 0.25) is 0 Å². The topological polar surface area (TPSA) is 49.4 Å². The zero-order chi connectivity index (χ0) is 13.9. The van der Waals surface area contributed by atoms with Crippen molar-refractivity contribution in [1.29, 1.82) is 0 Å². The highest BCUT2D eigenvalue weighted by atomic mass is 16.2. The first-order chi connectivity index (χ1) is 8.32. The largest absolute Gasteiger partial charge is 0.380 e. The minimum atomic E-state index is -0.362. The molecule has 0 fully saturated rings. The van der Waals surface area contributed by atoms with Gasteiger partial charge in [0.1, 0.15) is 0 Å². The molecule has 1 aromatic rings. The van der Waals surface area contributed by atoms with Gasteiger partial charge < -0.3 is 10.2 Å². The van der Waals surface area contributed by atoms with E-state index in [1.54, 1.807) is 0 Å². The summed E-state index contributed by atoms with van der Waals surface area (Å²) in [5.74, 6) is 0. The van der Waals surface area contributed by atoms with Gasteiger partial charge in [-0.1, -0.05) is 34.6 Å². The Morgan fingerprint density at radius 1 is 1.06 bits per heavy atom. The Kier molecular flexibility index (Phi) is 4.68. The summed E-state index contributed by atoms with van der Waals surface area (Å²) < 4.78 is 0. The van der Waals surface area contributed by atoms with Crippen molar-refractivity contribution in [3.8, 4) is 0 Å². The van der Waals surface area contributed by atoms with Crippen LogP contribution < -0.4 is 16.2 Å². The highest BCUT2D eigenvalue weighted by Gasteiger charge is 2.29. The summed E-state index contributed by atoms with van der Waals surface area (Å²) in [6.45, 7) is 13.7. The summed E-state index contributed by atoms with van der Waals surface area (Å²) >= 11 is 0. The van der Waals surface area contributed by atoms with E-state index in [0.717, 1.165) is 19.6 Å². The minimum absolute atomic E-state index is 0.261. The molecule has 0 aliphatic carbocycles. The zero-order valence-corrected chi connectivity index (χ0v) is 12.1. The molecule has 0 unspecified atom stereocenters. The van der Waals surface area contributed by atoms with Gasteiger partial charge in [0.25, 0.3) is 0 Å². The highest BCUT2D eigenvalue weighted by molar-refractivity contribution is 5.59. The Morgan fingerprint density at radius 2 is 1.61 bits per heavy atom. The molecule has 0 saturated carbocycles. The maximum atomic E-state index is 11.6. The van der Waals surface area contributed by atoms with Crippen molar-refractivity contribution in [2.75, 3.05) is 31.5 Å². The molecule has 102 valence electrons. The fourth-order valence-electron chi connectivity index (χ4n) is 2.15. The maximum absolute atomic E-state index is 11.6. The second-order valence-electron chi connectivity index (χ2n) is 5.61. The zero-order valence-electron chi connectivity index (χ0n) is 12.1. The van der Waals surface area contributed by atoms with E-state index in [9.17, 15) is 9.59 Å². The summed E-state index contributed by atoms with van der Waals surface area (Å²) in [6, 6.07) is 0. The lowest BCUT2D eigenvalue weighted by Crippen LogP contribution is -2.44. The molecule has 4 heteroatoms. The molecule has 0 bridgehead atoms. The Balaban J connectivity index is 2.67. The molecule has 0 radical (unpaired) electrons. The van der Waals surface area contributed by atoms with Crippen LogP contribution in [0.4, 0.5) is 5.69 Å². The fourth-order valence-corrected chi connectivity index (χ4v) is 2.15. The molecule has 18 heavy (non-hydrogen) atoms. The smallest absolute Gasteiger partial charge is 0.249 e. The Labute approximate surface area is 109 Å². The van der Waals surface area contributed by atoms with Gasteiger partial charge in [0.15, 0.2) is 0 Å². The van der Waals surface area contributed by atoms with E-state index in [-0.39, 0.29) is 16.3 Å². The molecule has 0 saturated heterocycles. The first-order valence-electron chi connectivity index (χ1n) is 6.62. The lowest BCUT2D eigenvalue weighted by molar-refractivity contribution is 0.316. The highest BCUT2D eigenvalue weighted by Crippen LogP contribution is 2.25. The molecular weight excluding hydrogens is 228 g/mol. The van der Waals surface area contributed by atoms with Crippen LogP contribution in [0, 0.1) is 0 Å². The standard InChI is InChI=1S/C14H24N2O2/c1-6-16(7-2)9-8-15-11-10(14(3,4)5)12(17)13(11)18/h15H,6-9H2,1-5H3. The average Bonchev–Trinajstić information content (AvgIpc) is 2.30. The predicted molar refractivity (Wildman–Crippen MR) is 76.3 cm³/mol. The van der Waals surface area contributed by atoms with Gasteiger partial charge in [0, 0.05) is 18.7 Å². The summed E-state index contributed by atoms with van der Waals surface area (Å²) in [4.78, 5) is 25.4. The predicted octanol–water partition coefficient (Wildman–Crippen LogP) is 1.33. The molecule has 0 spiro atoms. The molecule has 4 nitrogen and oxygen atoms in total. The van der Waals surface area contributed by atoms with Gasteiger partial charge >= 0.3 is 0 Å². The maximum Gasteiger partial charge on any atom is 0.249 e. The van der Waals surface area contributed by atoms with Crippen LogP contribution in [-0.2, 0) is 5.41 Å². The molecule has 1 N–H and O–H groups in total.